The molecule has 0 spiro atoms. The fourth-order valence-corrected chi connectivity index (χ4v) is 4.88. The molecule has 38 heavy (non-hydrogen) atoms. The number of hydrogen-bond donors (Lipinski definition) is 2. The molecule has 5 rings (SSSR count). The van der Waals surface area contributed by atoms with E-state index in [0.29, 0.717) is 34.1 Å². The number of aliphatic imine (C=N–C) groups is 1. The van der Waals surface area contributed by atoms with E-state index in [9.17, 15) is 9.18 Å². The van der Waals surface area contributed by atoms with E-state index >= 15 is 0 Å². The Morgan fingerprint density at radius 2 is 2.00 bits per heavy atom. The van der Waals surface area contributed by atoms with Crippen molar-refractivity contribution in [3.8, 4) is 21.7 Å². The summed E-state index contributed by atoms with van der Waals surface area (Å²) in [4.78, 5) is 28.7. The van der Waals surface area contributed by atoms with Gasteiger partial charge in [-0.2, -0.15) is 0 Å². The Labute approximate surface area is 224 Å². The highest BCUT2D eigenvalue weighted by Crippen LogP contribution is 2.33. The summed E-state index contributed by atoms with van der Waals surface area (Å²) in [6.07, 6.45) is 5.12. The minimum atomic E-state index is -0.361. The number of carbonyl (C=O) groups excluding carboxylic acids is 1. The average Bonchev–Trinajstić information content (AvgIpc) is 3.45. The zero-order valence-corrected chi connectivity index (χ0v) is 21.5. The quantitative estimate of drug-likeness (QED) is 0.255. The summed E-state index contributed by atoms with van der Waals surface area (Å²) >= 11 is 1.37. The van der Waals surface area contributed by atoms with Crippen molar-refractivity contribution >= 4 is 34.8 Å². The standard InChI is InChI=1S/C28H27FN6O2S/c29-22-5-3-19(4-6-22)23-15-24(30)21(17-32-8-9-35-10-12-37-13-11-35)14-25(23)33-27(36)26-18-38-28(34-26)20-2-1-7-31-16-20/h1-7,14-18H,8-13,30H2,(H,33,36). The lowest BCUT2D eigenvalue weighted by atomic mass is 10.00. The molecular formula is C28H27FN6O2S. The van der Waals surface area contributed by atoms with Gasteiger partial charge in [-0.05, 0) is 42.0 Å². The van der Waals surface area contributed by atoms with Crippen molar-refractivity contribution in [3.63, 3.8) is 0 Å². The minimum Gasteiger partial charge on any atom is -0.398 e. The van der Waals surface area contributed by atoms with E-state index in [2.05, 4.69) is 25.2 Å². The maximum absolute atomic E-state index is 13.6. The summed E-state index contributed by atoms with van der Waals surface area (Å²) in [5.74, 6) is -0.707. The van der Waals surface area contributed by atoms with E-state index in [-0.39, 0.29) is 17.4 Å². The number of hydrogen-bond acceptors (Lipinski definition) is 8. The summed E-state index contributed by atoms with van der Waals surface area (Å²) in [5.41, 5.74) is 10.6. The minimum absolute atomic E-state index is 0.288. The summed E-state index contributed by atoms with van der Waals surface area (Å²) < 4.78 is 19.0. The Morgan fingerprint density at radius 1 is 1.18 bits per heavy atom. The molecule has 0 saturated carbocycles. The molecule has 3 heterocycles. The van der Waals surface area contributed by atoms with Crippen molar-refractivity contribution in [1.82, 2.24) is 14.9 Å². The number of pyridine rings is 1. The maximum atomic E-state index is 13.6. The molecule has 2 aromatic carbocycles. The predicted molar refractivity (Wildman–Crippen MR) is 149 cm³/mol. The van der Waals surface area contributed by atoms with Crippen LogP contribution in [-0.4, -0.2) is 66.4 Å². The molecule has 194 valence electrons. The largest absolute Gasteiger partial charge is 0.398 e. The van der Waals surface area contributed by atoms with Gasteiger partial charge in [0.15, 0.2) is 0 Å². The van der Waals surface area contributed by atoms with Gasteiger partial charge in [0.05, 0.1) is 19.8 Å². The highest BCUT2D eigenvalue weighted by atomic mass is 32.1. The number of halogens is 1. The molecule has 1 fully saturated rings. The molecule has 4 aromatic rings. The van der Waals surface area contributed by atoms with Crippen LogP contribution in [0.3, 0.4) is 0 Å². The van der Waals surface area contributed by atoms with Crippen LogP contribution in [0.15, 0.2) is 71.3 Å². The second kappa shape index (κ2) is 12.0. The first kappa shape index (κ1) is 25.7. The summed E-state index contributed by atoms with van der Waals surface area (Å²) in [6.45, 7) is 4.75. The predicted octanol–water partition coefficient (Wildman–Crippen LogP) is 4.60. The lowest BCUT2D eigenvalue weighted by molar-refractivity contribution is 0.0395. The second-order valence-corrected chi connectivity index (χ2v) is 9.61. The number of aromatic nitrogens is 2. The Hall–Kier alpha value is -3.99. The lowest BCUT2D eigenvalue weighted by Gasteiger charge is -2.25. The zero-order valence-electron chi connectivity index (χ0n) is 20.6. The van der Waals surface area contributed by atoms with Crippen LogP contribution in [0, 0.1) is 5.82 Å². The van der Waals surface area contributed by atoms with E-state index in [0.717, 1.165) is 44.0 Å². The van der Waals surface area contributed by atoms with Gasteiger partial charge in [0.25, 0.3) is 5.91 Å². The van der Waals surface area contributed by atoms with Crippen molar-refractivity contribution in [1.29, 1.82) is 0 Å². The van der Waals surface area contributed by atoms with Crippen molar-refractivity contribution in [3.05, 3.63) is 83.4 Å². The third-order valence-electron chi connectivity index (χ3n) is 6.15. The monoisotopic (exact) mass is 530 g/mol. The van der Waals surface area contributed by atoms with E-state index in [1.807, 2.05) is 12.1 Å². The first-order valence-corrected chi connectivity index (χ1v) is 13.1. The van der Waals surface area contributed by atoms with Crippen molar-refractivity contribution in [2.45, 2.75) is 0 Å². The number of nitrogens with two attached hydrogens (primary N) is 1. The third kappa shape index (κ3) is 6.28. The number of amides is 1. The highest BCUT2D eigenvalue weighted by molar-refractivity contribution is 7.13. The molecular weight excluding hydrogens is 503 g/mol. The Balaban J connectivity index is 1.39. The van der Waals surface area contributed by atoms with Gasteiger partial charge in [0, 0.05) is 71.7 Å². The summed E-state index contributed by atoms with van der Waals surface area (Å²) in [7, 11) is 0. The molecule has 1 amide bonds. The number of rotatable bonds is 8. The van der Waals surface area contributed by atoms with Crippen LogP contribution in [-0.2, 0) is 4.74 Å². The van der Waals surface area contributed by atoms with Crippen molar-refractivity contribution < 1.29 is 13.9 Å². The molecule has 0 aliphatic carbocycles. The third-order valence-corrected chi connectivity index (χ3v) is 7.04. The van der Waals surface area contributed by atoms with Crippen LogP contribution < -0.4 is 11.1 Å². The van der Waals surface area contributed by atoms with E-state index in [1.165, 1.54) is 23.5 Å². The molecule has 0 unspecified atom stereocenters. The second-order valence-electron chi connectivity index (χ2n) is 8.76. The number of carbonyl (C=O) groups is 1. The normalized spacial score (nSPS) is 14.1. The van der Waals surface area contributed by atoms with Gasteiger partial charge < -0.3 is 15.8 Å². The van der Waals surface area contributed by atoms with Crippen LogP contribution in [0.2, 0.25) is 0 Å². The number of ether oxygens (including phenoxy) is 1. The summed E-state index contributed by atoms with van der Waals surface area (Å²) in [5, 5.41) is 5.38. The first-order valence-electron chi connectivity index (χ1n) is 12.2. The van der Waals surface area contributed by atoms with Gasteiger partial charge >= 0.3 is 0 Å². The lowest BCUT2D eigenvalue weighted by Crippen LogP contribution is -2.37. The number of anilines is 2. The molecule has 0 atom stereocenters. The smallest absolute Gasteiger partial charge is 0.275 e. The highest BCUT2D eigenvalue weighted by Gasteiger charge is 2.17. The number of nitrogens with zero attached hydrogens (tertiary/aromatic N) is 4. The molecule has 2 aromatic heterocycles. The van der Waals surface area contributed by atoms with Gasteiger partial charge in [0.2, 0.25) is 0 Å². The molecule has 3 N–H and O–H groups in total. The number of thiazole rings is 1. The molecule has 10 heteroatoms. The van der Waals surface area contributed by atoms with E-state index in [1.54, 1.807) is 48.3 Å². The zero-order chi connectivity index (χ0) is 26.3. The Bertz CT molecular complexity index is 1420. The van der Waals surface area contributed by atoms with Crippen LogP contribution in [0.1, 0.15) is 16.1 Å². The molecule has 1 aliphatic heterocycles. The molecule has 8 nitrogen and oxygen atoms in total. The maximum Gasteiger partial charge on any atom is 0.275 e. The first-order chi connectivity index (χ1) is 18.6. The van der Waals surface area contributed by atoms with Gasteiger partial charge in [-0.3, -0.25) is 19.7 Å². The molecule has 1 aliphatic rings. The topological polar surface area (TPSA) is 106 Å². The number of nitrogen functional groups attached to an aromatic ring is 1. The van der Waals surface area contributed by atoms with Crippen LogP contribution in [0.5, 0.6) is 0 Å². The van der Waals surface area contributed by atoms with Crippen LogP contribution >= 0.6 is 11.3 Å². The van der Waals surface area contributed by atoms with Crippen LogP contribution in [0.25, 0.3) is 21.7 Å². The van der Waals surface area contributed by atoms with E-state index in [4.69, 9.17) is 10.5 Å². The van der Waals surface area contributed by atoms with E-state index < -0.39 is 0 Å². The number of morpholine rings is 1. The van der Waals surface area contributed by atoms with Gasteiger partial charge in [-0.15, -0.1) is 11.3 Å². The van der Waals surface area contributed by atoms with Gasteiger partial charge in [0.1, 0.15) is 16.5 Å². The summed E-state index contributed by atoms with van der Waals surface area (Å²) in [6, 6.07) is 13.3. The Morgan fingerprint density at radius 3 is 2.76 bits per heavy atom. The molecule has 1 saturated heterocycles. The number of benzene rings is 2. The number of nitrogens with one attached hydrogen (secondary N) is 1. The van der Waals surface area contributed by atoms with Crippen LogP contribution in [0.4, 0.5) is 15.8 Å². The molecule has 0 radical (unpaired) electrons. The average molecular weight is 531 g/mol. The van der Waals surface area contributed by atoms with Crippen molar-refractivity contribution in [2.24, 2.45) is 4.99 Å². The van der Waals surface area contributed by atoms with Gasteiger partial charge in [-0.25, -0.2) is 9.37 Å². The fraction of sp³-hybridized carbons (Fsp3) is 0.214. The molecule has 0 bridgehead atoms. The fourth-order valence-electron chi connectivity index (χ4n) is 4.09. The van der Waals surface area contributed by atoms with Gasteiger partial charge in [-0.1, -0.05) is 12.1 Å². The SMILES string of the molecule is Nc1cc(-c2ccc(F)cc2)c(NC(=O)c2csc(-c3cccnc3)n2)cc1C=NCCN1CCOCC1. The Kier molecular flexibility index (Phi) is 8.12. The van der Waals surface area contributed by atoms with Crippen molar-refractivity contribution in [2.75, 3.05) is 50.4 Å².